The van der Waals surface area contributed by atoms with Gasteiger partial charge in [-0.05, 0) is 12.1 Å². The molecule has 8 nitrogen and oxygen atoms in total. The number of aryl methyl sites for hydroxylation is 1. The largest absolute Gasteiger partial charge is 0.477 e. The molecular weight excluding hydrogens is 379 g/mol. The molecule has 0 saturated carbocycles. The maximum Gasteiger partial charge on any atom is 0.341 e. The Morgan fingerprint density at radius 2 is 2.00 bits per heavy atom. The molecule has 3 rings (SSSR count). The average molecular weight is 393 g/mol. The summed E-state index contributed by atoms with van der Waals surface area (Å²) < 4.78 is 1.62. The SMILES string of the molecule is Cn1cc(Nc2ncc(C(=O)O)c(NCc3c(Cl)cccc3Cl)n2)cn1. The van der Waals surface area contributed by atoms with Crippen LogP contribution in [0.5, 0.6) is 0 Å². The zero-order valence-corrected chi connectivity index (χ0v) is 15.1. The van der Waals surface area contributed by atoms with E-state index in [1.807, 2.05) is 0 Å². The zero-order chi connectivity index (χ0) is 18.7. The molecular formula is C16H14Cl2N6O2. The van der Waals surface area contributed by atoms with E-state index in [1.54, 1.807) is 42.3 Å². The monoisotopic (exact) mass is 392 g/mol. The predicted molar refractivity (Wildman–Crippen MR) is 99.3 cm³/mol. The summed E-state index contributed by atoms with van der Waals surface area (Å²) in [6, 6.07) is 5.15. The van der Waals surface area contributed by atoms with Crippen LogP contribution in [0.15, 0.2) is 36.8 Å². The van der Waals surface area contributed by atoms with E-state index in [0.29, 0.717) is 21.3 Å². The van der Waals surface area contributed by atoms with E-state index in [-0.39, 0.29) is 23.9 Å². The van der Waals surface area contributed by atoms with Crippen LogP contribution in [-0.2, 0) is 13.6 Å². The molecule has 10 heteroatoms. The molecule has 0 atom stereocenters. The van der Waals surface area contributed by atoms with E-state index >= 15 is 0 Å². The Bertz CT molecular complexity index is 939. The third kappa shape index (κ3) is 4.04. The maximum atomic E-state index is 11.4. The van der Waals surface area contributed by atoms with Gasteiger partial charge in [0.25, 0.3) is 0 Å². The van der Waals surface area contributed by atoms with Crippen molar-refractivity contribution in [3.8, 4) is 0 Å². The maximum absolute atomic E-state index is 11.4. The van der Waals surface area contributed by atoms with E-state index < -0.39 is 5.97 Å². The van der Waals surface area contributed by atoms with Crippen molar-refractivity contribution in [1.82, 2.24) is 19.7 Å². The number of benzene rings is 1. The van der Waals surface area contributed by atoms with E-state index in [0.717, 1.165) is 0 Å². The second-order valence-electron chi connectivity index (χ2n) is 5.34. The molecule has 0 unspecified atom stereocenters. The van der Waals surface area contributed by atoms with Gasteiger partial charge in [0.05, 0.1) is 11.9 Å². The first-order valence-electron chi connectivity index (χ1n) is 7.47. The summed E-state index contributed by atoms with van der Waals surface area (Å²) in [5, 5.41) is 20.3. The molecule has 3 aromatic rings. The van der Waals surface area contributed by atoms with Crippen LogP contribution in [0.4, 0.5) is 17.5 Å². The Morgan fingerprint density at radius 3 is 2.62 bits per heavy atom. The van der Waals surface area contributed by atoms with Crippen molar-refractivity contribution in [2.75, 3.05) is 10.6 Å². The number of aromatic nitrogens is 4. The number of carboxylic acids is 1. The molecule has 0 bridgehead atoms. The summed E-state index contributed by atoms with van der Waals surface area (Å²) in [6.07, 6.45) is 4.57. The van der Waals surface area contributed by atoms with Crippen molar-refractivity contribution < 1.29 is 9.90 Å². The van der Waals surface area contributed by atoms with Crippen LogP contribution in [0, 0.1) is 0 Å². The molecule has 0 radical (unpaired) electrons. The summed E-state index contributed by atoms with van der Waals surface area (Å²) in [5.41, 5.74) is 1.26. The van der Waals surface area contributed by atoms with Gasteiger partial charge in [0, 0.05) is 41.6 Å². The summed E-state index contributed by atoms with van der Waals surface area (Å²) in [5.74, 6) is -0.767. The Labute approximate surface area is 158 Å². The lowest BCUT2D eigenvalue weighted by molar-refractivity contribution is 0.0697. The van der Waals surface area contributed by atoms with E-state index in [9.17, 15) is 9.90 Å². The van der Waals surface area contributed by atoms with Gasteiger partial charge in [0.2, 0.25) is 5.95 Å². The Balaban J connectivity index is 1.86. The Morgan fingerprint density at radius 1 is 1.27 bits per heavy atom. The highest BCUT2D eigenvalue weighted by atomic mass is 35.5. The number of aromatic carboxylic acids is 1. The topological polar surface area (TPSA) is 105 Å². The number of hydrogen-bond donors (Lipinski definition) is 3. The van der Waals surface area contributed by atoms with Crippen molar-refractivity contribution in [1.29, 1.82) is 0 Å². The molecule has 0 fully saturated rings. The van der Waals surface area contributed by atoms with E-state index in [1.165, 1.54) is 6.20 Å². The normalized spacial score (nSPS) is 10.6. The summed E-state index contributed by atoms with van der Waals surface area (Å²) in [7, 11) is 1.78. The summed E-state index contributed by atoms with van der Waals surface area (Å²) in [4.78, 5) is 19.7. The van der Waals surface area contributed by atoms with Crippen LogP contribution in [0.3, 0.4) is 0 Å². The Hall–Kier alpha value is -2.84. The van der Waals surface area contributed by atoms with E-state index in [4.69, 9.17) is 23.2 Å². The van der Waals surface area contributed by atoms with Crippen molar-refractivity contribution in [3.63, 3.8) is 0 Å². The molecule has 2 heterocycles. The fourth-order valence-electron chi connectivity index (χ4n) is 2.22. The number of rotatable bonds is 6. The van der Waals surface area contributed by atoms with Crippen molar-refractivity contribution in [3.05, 3.63) is 58.0 Å². The van der Waals surface area contributed by atoms with Crippen molar-refractivity contribution in [2.45, 2.75) is 6.54 Å². The molecule has 26 heavy (non-hydrogen) atoms. The third-order valence-electron chi connectivity index (χ3n) is 3.47. The van der Waals surface area contributed by atoms with Gasteiger partial charge in [-0.2, -0.15) is 10.1 Å². The Kier molecular flexibility index (Phi) is 5.24. The number of nitrogens with one attached hydrogen (secondary N) is 2. The van der Waals surface area contributed by atoms with Crippen LogP contribution in [0.1, 0.15) is 15.9 Å². The molecule has 0 saturated heterocycles. The highest BCUT2D eigenvalue weighted by Gasteiger charge is 2.15. The van der Waals surface area contributed by atoms with Crippen LogP contribution in [-0.4, -0.2) is 30.8 Å². The molecule has 3 N–H and O–H groups in total. The number of carbonyl (C=O) groups is 1. The molecule has 1 aromatic carbocycles. The van der Waals surface area contributed by atoms with Gasteiger partial charge in [-0.3, -0.25) is 4.68 Å². The molecule has 0 aliphatic carbocycles. The number of hydrogen-bond acceptors (Lipinski definition) is 6. The second-order valence-corrected chi connectivity index (χ2v) is 6.16. The van der Waals surface area contributed by atoms with Crippen LogP contribution in [0.25, 0.3) is 0 Å². The minimum Gasteiger partial charge on any atom is -0.477 e. The van der Waals surface area contributed by atoms with Gasteiger partial charge < -0.3 is 15.7 Å². The van der Waals surface area contributed by atoms with Crippen molar-refractivity contribution in [2.24, 2.45) is 7.05 Å². The quantitative estimate of drug-likeness (QED) is 0.588. The number of anilines is 3. The second kappa shape index (κ2) is 7.59. The lowest BCUT2D eigenvalue weighted by atomic mass is 10.2. The summed E-state index contributed by atoms with van der Waals surface area (Å²) in [6.45, 7) is 0.210. The van der Waals surface area contributed by atoms with Gasteiger partial charge in [-0.25, -0.2) is 9.78 Å². The highest BCUT2D eigenvalue weighted by molar-refractivity contribution is 6.36. The van der Waals surface area contributed by atoms with Gasteiger partial charge in [0.1, 0.15) is 11.4 Å². The van der Waals surface area contributed by atoms with Gasteiger partial charge >= 0.3 is 5.97 Å². The predicted octanol–water partition coefficient (Wildman–Crippen LogP) is 3.57. The molecule has 134 valence electrons. The average Bonchev–Trinajstić information content (AvgIpc) is 2.99. The van der Waals surface area contributed by atoms with Crippen LogP contribution in [0.2, 0.25) is 10.0 Å². The molecule has 2 aromatic heterocycles. The molecule has 0 spiro atoms. The number of halogens is 2. The molecule has 0 aliphatic rings. The smallest absolute Gasteiger partial charge is 0.341 e. The fourth-order valence-corrected chi connectivity index (χ4v) is 2.75. The fraction of sp³-hybridized carbons (Fsp3) is 0.125. The standard InChI is InChI=1S/C16H14Cl2N6O2/c1-24-8-9(5-21-24)22-16-20-7-11(15(25)26)14(23-16)19-6-10-12(17)3-2-4-13(10)18/h2-5,7-8H,6H2,1H3,(H,25,26)(H2,19,20,22,23). The van der Waals surface area contributed by atoms with Gasteiger partial charge in [0.15, 0.2) is 0 Å². The third-order valence-corrected chi connectivity index (χ3v) is 4.18. The minimum absolute atomic E-state index is 0.0649. The lowest BCUT2D eigenvalue weighted by Crippen LogP contribution is -2.11. The number of carboxylic acid groups (broad SMARTS) is 1. The van der Waals surface area contributed by atoms with E-state index in [2.05, 4.69) is 25.7 Å². The summed E-state index contributed by atoms with van der Waals surface area (Å²) >= 11 is 12.3. The van der Waals surface area contributed by atoms with Crippen molar-refractivity contribution >= 4 is 46.6 Å². The zero-order valence-electron chi connectivity index (χ0n) is 13.6. The van der Waals surface area contributed by atoms with Gasteiger partial charge in [-0.15, -0.1) is 0 Å². The lowest BCUT2D eigenvalue weighted by Gasteiger charge is -2.12. The number of nitrogens with zero attached hydrogens (tertiary/aromatic N) is 4. The first-order chi connectivity index (χ1) is 12.4. The van der Waals surface area contributed by atoms with Crippen LogP contribution < -0.4 is 10.6 Å². The van der Waals surface area contributed by atoms with Gasteiger partial charge in [-0.1, -0.05) is 29.3 Å². The minimum atomic E-state index is -1.15. The highest BCUT2D eigenvalue weighted by Crippen LogP contribution is 2.26. The van der Waals surface area contributed by atoms with Crippen LogP contribution >= 0.6 is 23.2 Å². The molecule has 0 aliphatic heterocycles. The molecule has 0 amide bonds. The first kappa shape index (κ1) is 18.0. The first-order valence-corrected chi connectivity index (χ1v) is 8.22.